The van der Waals surface area contributed by atoms with E-state index in [0.29, 0.717) is 6.42 Å². The minimum atomic E-state index is -1.41. The number of halogens is 1. The molecule has 1 aromatic carbocycles. The van der Waals surface area contributed by atoms with Gasteiger partial charge in [-0.3, -0.25) is 9.59 Å². The van der Waals surface area contributed by atoms with E-state index in [9.17, 15) is 23.9 Å². The smallest absolute Gasteiger partial charge is 0.329 e. The molecule has 0 bridgehead atoms. The highest BCUT2D eigenvalue weighted by Crippen LogP contribution is 2.18. The number of hydrogen-bond donors (Lipinski definition) is 3. The maximum Gasteiger partial charge on any atom is 0.329 e. The lowest BCUT2D eigenvalue weighted by Crippen LogP contribution is -2.52. The van der Waals surface area contributed by atoms with Gasteiger partial charge < -0.3 is 15.7 Å². The van der Waals surface area contributed by atoms with E-state index < -0.39 is 29.1 Å². The third-order valence-electron chi connectivity index (χ3n) is 3.15. The van der Waals surface area contributed by atoms with Gasteiger partial charge in [-0.05, 0) is 31.5 Å². The van der Waals surface area contributed by atoms with Crippen LogP contribution in [0.5, 0.6) is 0 Å². The molecule has 0 fully saturated rings. The SMILES string of the molecule is CCCC(C)(NC(=O)c1ccc(F)c(NC(C)=O)c1)C(=O)O. The average Bonchev–Trinajstić information content (AvgIpc) is 2.40. The zero-order valence-corrected chi connectivity index (χ0v) is 12.7. The van der Waals surface area contributed by atoms with Crippen LogP contribution >= 0.6 is 0 Å². The van der Waals surface area contributed by atoms with Crippen LogP contribution in [0, 0.1) is 5.82 Å². The summed E-state index contributed by atoms with van der Waals surface area (Å²) in [4.78, 5) is 34.5. The summed E-state index contributed by atoms with van der Waals surface area (Å²) in [6, 6.07) is 3.43. The lowest BCUT2D eigenvalue weighted by Gasteiger charge is -2.25. The Kier molecular flexibility index (Phi) is 5.62. The van der Waals surface area contributed by atoms with E-state index in [1.807, 2.05) is 0 Å². The van der Waals surface area contributed by atoms with Gasteiger partial charge in [0.05, 0.1) is 5.69 Å². The highest BCUT2D eigenvalue weighted by molar-refractivity contribution is 5.99. The normalized spacial score (nSPS) is 13.1. The van der Waals surface area contributed by atoms with Crippen LogP contribution in [0.1, 0.15) is 44.0 Å². The van der Waals surface area contributed by atoms with Crippen LogP contribution in [0.2, 0.25) is 0 Å². The van der Waals surface area contributed by atoms with E-state index in [2.05, 4.69) is 10.6 Å². The number of carboxylic acids is 1. The zero-order chi connectivity index (χ0) is 16.9. The molecular weight excluding hydrogens is 291 g/mol. The number of carboxylic acid groups (broad SMARTS) is 1. The largest absolute Gasteiger partial charge is 0.480 e. The van der Waals surface area contributed by atoms with Gasteiger partial charge in [0.15, 0.2) is 0 Å². The van der Waals surface area contributed by atoms with Crippen LogP contribution in [0.15, 0.2) is 18.2 Å². The van der Waals surface area contributed by atoms with Gasteiger partial charge in [-0.25, -0.2) is 9.18 Å². The first-order chi connectivity index (χ1) is 10.2. The van der Waals surface area contributed by atoms with Crippen molar-refractivity contribution in [1.29, 1.82) is 0 Å². The highest BCUT2D eigenvalue weighted by atomic mass is 19.1. The number of hydrogen-bond acceptors (Lipinski definition) is 3. The maximum absolute atomic E-state index is 13.5. The van der Waals surface area contributed by atoms with E-state index in [-0.39, 0.29) is 17.7 Å². The zero-order valence-electron chi connectivity index (χ0n) is 12.7. The third kappa shape index (κ3) is 4.28. The van der Waals surface area contributed by atoms with Gasteiger partial charge in [-0.1, -0.05) is 13.3 Å². The Balaban J connectivity index is 3.02. The van der Waals surface area contributed by atoms with Gasteiger partial charge in [0, 0.05) is 12.5 Å². The summed E-state index contributed by atoms with van der Waals surface area (Å²) in [6.07, 6.45) is 0.831. The van der Waals surface area contributed by atoms with Crippen molar-refractivity contribution in [3.05, 3.63) is 29.6 Å². The number of aliphatic carboxylic acids is 1. The lowest BCUT2D eigenvalue weighted by molar-refractivity contribution is -0.144. The summed E-state index contributed by atoms with van der Waals surface area (Å²) >= 11 is 0. The molecule has 1 rings (SSSR count). The van der Waals surface area contributed by atoms with Gasteiger partial charge in [0.25, 0.3) is 5.91 Å². The molecule has 0 aliphatic heterocycles. The van der Waals surface area contributed by atoms with E-state index in [1.165, 1.54) is 26.0 Å². The molecule has 7 heteroatoms. The number of carbonyl (C=O) groups excluding carboxylic acids is 2. The van der Waals surface area contributed by atoms with Crippen LogP contribution in [0.25, 0.3) is 0 Å². The first-order valence-corrected chi connectivity index (χ1v) is 6.82. The molecular formula is C15H19FN2O4. The lowest BCUT2D eigenvalue weighted by atomic mass is 9.95. The van der Waals surface area contributed by atoms with Gasteiger partial charge in [-0.15, -0.1) is 0 Å². The minimum Gasteiger partial charge on any atom is -0.480 e. The van der Waals surface area contributed by atoms with Crippen LogP contribution in [-0.4, -0.2) is 28.4 Å². The van der Waals surface area contributed by atoms with E-state index >= 15 is 0 Å². The van der Waals surface area contributed by atoms with Gasteiger partial charge in [0.2, 0.25) is 5.91 Å². The Morgan fingerprint density at radius 2 is 1.95 bits per heavy atom. The fraction of sp³-hybridized carbons (Fsp3) is 0.400. The molecule has 0 aliphatic rings. The average molecular weight is 310 g/mol. The number of benzene rings is 1. The quantitative estimate of drug-likeness (QED) is 0.750. The van der Waals surface area contributed by atoms with Crippen molar-refractivity contribution in [1.82, 2.24) is 5.32 Å². The molecule has 1 aromatic rings. The van der Waals surface area contributed by atoms with Crippen molar-refractivity contribution < 1.29 is 23.9 Å². The van der Waals surface area contributed by atoms with Crippen molar-refractivity contribution in [3.63, 3.8) is 0 Å². The fourth-order valence-electron chi connectivity index (χ4n) is 2.00. The Morgan fingerprint density at radius 3 is 2.45 bits per heavy atom. The van der Waals surface area contributed by atoms with Crippen LogP contribution in [-0.2, 0) is 9.59 Å². The molecule has 120 valence electrons. The third-order valence-corrected chi connectivity index (χ3v) is 3.15. The molecule has 1 unspecified atom stereocenters. The number of nitrogens with one attached hydrogen (secondary N) is 2. The second-order valence-corrected chi connectivity index (χ2v) is 5.22. The van der Waals surface area contributed by atoms with Crippen molar-refractivity contribution in [3.8, 4) is 0 Å². The first kappa shape index (κ1) is 17.6. The van der Waals surface area contributed by atoms with Crippen LogP contribution < -0.4 is 10.6 Å². The summed E-state index contributed by atoms with van der Waals surface area (Å²) in [5, 5.41) is 14.0. The van der Waals surface area contributed by atoms with Gasteiger partial charge in [0.1, 0.15) is 11.4 Å². The predicted octanol–water partition coefficient (Wildman–Crippen LogP) is 2.16. The molecule has 0 saturated carbocycles. The molecule has 0 aromatic heterocycles. The summed E-state index contributed by atoms with van der Waals surface area (Å²) in [5.74, 6) is -2.95. The molecule has 0 spiro atoms. The molecule has 2 amide bonds. The molecule has 22 heavy (non-hydrogen) atoms. The van der Waals surface area contributed by atoms with Crippen LogP contribution in [0.3, 0.4) is 0 Å². The number of anilines is 1. The standard InChI is InChI=1S/C15H19FN2O4/c1-4-7-15(3,14(21)22)18-13(20)10-5-6-11(16)12(8-10)17-9(2)19/h5-6,8H,4,7H2,1-3H3,(H,17,19)(H,18,20)(H,21,22). The summed E-state index contributed by atoms with van der Waals surface area (Å²) < 4.78 is 13.5. The Morgan fingerprint density at radius 1 is 1.32 bits per heavy atom. The van der Waals surface area contributed by atoms with Crippen molar-refractivity contribution >= 4 is 23.5 Å². The topological polar surface area (TPSA) is 95.5 Å². The molecule has 3 N–H and O–H groups in total. The molecule has 0 heterocycles. The second-order valence-electron chi connectivity index (χ2n) is 5.22. The van der Waals surface area contributed by atoms with E-state index in [0.717, 1.165) is 6.07 Å². The molecule has 0 saturated heterocycles. The van der Waals surface area contributed by atoms with E-state index in [1.54, 1.807) is 6.92 Å². The van der Waals surface area contributed by atoms with E-state index in [4.69, 9.17) is 0 Å². The minimum absolute atomic E-state index is 0.0636. The highest BCUT2D eigenvalue weighted by Gasteiger charge is 2.34. The Hall–Kier alpha value is -2.44. The second kappa shape index (κ2) is 7.02. The molecule has 0 radical (unpaired) electrons. The predicted molar refractivity (Wildman–Crippen MR) is 79.1 cm³/mol. The van der Waals surface area contributed by atoms with Crippen molar-refractivity contribution in [2.75, 3.05) is 5.32 Å². The number of rotatable bonds is 6. The first-order valence-electron chi connectivity index (χ1n) is 6.82. The van der Waals surface area contributed by atoms with Crippen molar-refractivity contribution in [2.45, 2.75) is 39.2 Å². The fourth-order valence-corrected chi connectivity index (χ4v) is 2.00. The Bertz CT molecular complexity index is 603. The van der Waals surface area contributed by atoms with Crippen molar-refractivity contribution in [2.24, 2.45) is 0 Å². The number of carbonyl (C=O) groups is 3. The van der Waals surface area contributed by atoms with Crippen LogP contribution in [0.4, 0.5) is 10.1 Å². The Labute approximate surface area is 127 Å². The maximum atomic E-state index is 13.5. The molecule has 0 aliphatic carbocycles. The molecule has 6 nitrogen and oxygen atoms in total. The monoisotopic (exact) mass is 310 g/mol. The van der Waals surface area contributed by atoms with Gasteiger partial charge >= 0.3 is 5.97 Å². The molecule has 1 atom stereocenters. The summed E-state index contributed by atoms with van der Waals surface area (Å²) in [6.45, 7) is 4.43. The van der Waals surface area contributed by atoms with Gasteiger partial charge in [-0.2, -0.15) is 0 Å². The number of amides is 2. The summed E-state index contributed by atoms with van der Waals surface area (Å²) in [5.41, 5.74) is -1.48. The summed E-state index contributed by atoms with van der Waals surface area (Å²) in [7, 11) is 0.